The fraction of sp³-hybridized carbons (Fsp3) is 0.706. The Kier molecular flexibility index (Phi) is 10.3. The first-order valence-corrected chi connectivity index (χ1v) is 8.23. The van der Waals surface area contributed by atoms with Crippen molar-refractivity contribution in [3.8, 4) is 0 Å². The lowest BCUT2D eigenvalue weighted by Crippen LogP contribution is -2.36. The van der Waals surface area contributed by atoms with Gasteiger partial charge in [0.25, 0.3) is 0 Å². The van der Waals surface area contributed by atoms with Crippen molar-refractivity contribution in [2.45, 2.75) is 40.5 Å². The quantitative estimate of drug-likeness (QED) is 0.297. The number of amides is 2. The third-order valence-corrected chi connectivity index (χ3v) is 3.42. The summed E-state index contributed by atoms with van der Waals surface area (Å²) in [6.45, 7) is 11.9. The zero-order valence-corrected chi connectivity index (χ0v) is 15.5. The second-order valence-electron chi connectivity index (χ2n) is 6.90. The Bertz CT molecular complexity index is 476. The fourth-order valence-electron chi connectivity index (χ4n) is 2.30. The summed E-state index contributed by atoms with van der Waals surface area (Å²) in [6, 6.07) is 0. The van der Waals surface area contributed by atoms with Gasteiger partial charge in [0.1, 0.15) is 13.2 Å². The van der Waals surface area contributed by atoms with Crippen molar-refractivity contribution in [2.75, 3.05) is 26.3 Å². The van der Waals surface area contributed by atoms with Gasteiger partial charge in [0.15, 0.2) is 0 Å². The Morgan fingerprint density at radius 2 is 1.76 bits per heavy atom. The van der Waals surface area contributed by atoms with Crippen molar-refractivity contribution >= 4 is 18.2 Å². The summed E-state index contributed by atoms with van der Waals surface area (Å²) < 4.78 is 9.75. The first-order chi connectivity index (χ1) is 11.5. The van der Waals surface area contributed by atoms with Gasteiger partial charge in [-0.15, -0.1) is 0 Å². The third kappa shape index (κ3) is 12.8. The molecule has 0 aliphatic rings. The van der Waals surface area contributed by atoms with Crippen LogP contribution in [0.5, 0.6) is 0 Å². The first-order valence-electron chi connectivity index (χ1n) is 8.23. The molecule has 0 fully saturated rings. The molecule has 3 N–H and O–H groups in total. The number of carbonyl (C=O) groups is 3. The maximum atomic E-state index is 11.6. The summed E-state index contributed by atoms with van der Waals surface area (Å²) in [7, 11) is 0. The Hall–Kier alpha value is -2.25. The van der Waals surface area contributed by atoms with Crippen LogP contribution in [0.3, 0.4) is 0 Å². The molecule has 144 valence electrons. The largest absolute Gasteiger partial charge is 0.465 e. The van der Waals surface area contributed by atoms with Crippen molar-refractivity contribution in [2.24, 2.45) is 11.3 Å². The van der Waals surface area contributed by atoms with E-state index in [-0.39, 0.29) is 18.6 Å². The highest BCUT2D eigenvalue weighted by atomic mass is 16.6. The molecule has 0 saturated carbocycles. The zero-order valence-electron chi connectivity index (χ0n) is 15.5. The molecule has 1 atom stereocenters. The highest BCUT2D eigenvalue weighted by Gasteiger charge is 2.22. The van der Waals surface area contributed by atoms with Crippen LogP contribution in [0.15, 0.2) is 12.2 Å². The molecule has 0 aromatic rings. The van der Waals surface area contributed by atoms with E-state index in [1.165, 1.54) is 6.92 Å². The molecule has 1 unspecified atom stereocenters. The highest BCUT2D eigenvalue weighted by Crippen LogP contribution is 2.26. The van der Waals surface area contributed by atoms with E-state index in [2.05, 4.69) is 17.2 Å². The van der Waals surface area contributed by atoms with Gasteiger partial charge in [0, 0.05) is 18.7 Å². The maximum absolute atomic E-state index is 11.6. The Labute approximate surface area is 148 Å². The van der Waals surface area contributed by atoms with E-state index in [4.69, 9.17) is 14.6 Å². The number of alkyl carbamates (subject to hydrolysis) is 1. The van der Waals surface area contributed by atoms with E-state index in [0.717, 1.165) is 12.8 Å². The van der Waals surface area contributed by atoms with E-state index in [1.54, 1.807) is 0 Å². The molecule has 2 amide bonds. The predicted molar refractivity (Wildman–Crippen MR) is 93.3 cm³/mol. The van der Waals surface area contributed by atoms with Crippen LogP contribution in [0.25, 0.3) is 0 Å². The number of ether oxygens (including phenoxy) is 2. The summed E-state index contributed by atoms with van der Waals surface area (Å²) in [5.74, 6) is -0.210. The van der Waals surface area contributed by atoms with Gasteiger partial charge in [-0.2, -0.15) is 0 Å². The number of hydrogen-bond donors (Lipinski definition) is 3. The third-order valence-electron chi connectivity index (χ3n) is 3.42. The monoisotopic (exact) mass is 358 g/mol. The van der Waals surface area contributed by atoms with Crippen molar-refractivity contribution in [1.82, 2.24) is 10.6 Å². The minimum Gasteiger partial charge on any atom is -0.465 e. The van der Waals surface area contributed by atoms with Gasteiger partial charge in [-0.05, 0) is 31.1 Å². The second kappa shape index (κ2) is 11.3. The SMILES string of the molecule is C=C(C)C(=O)OCCOC(=O)NCC(C)(C)CC(C)CCNC(=O)O. The predicted octanol–water partition coefficient (Wildman–Crippen LogP) is 2.54. The van der Waals surface area contributed by atoms with Gasteiger partial charge >= 0.3 is 18.2 Å². The van der Waals surface area contributed by atoms with Crippen LogP contribution in [0.4, 0.5) is 9.59 Å². The Balaban J connectivity index is 3.94. The van der Waals surface area contributed by atoms with Gasteiger partial charge in [-0.1, -0.05) is 27.4 Å². The molecule has 25 heavy (non-hydrogen) atoms. The normalized spacial score (nSPS) is 12.0. The van der Waals surface area contributed by atoms with Crippen molar-refractivity contribution in [1.29, 1.82) is 0 Å². The van der Waals surface area contributed by atoms with Crippen molar-refractivity contribution in [3.05, 3.63) is 12.2 Å². The molecule has 0 aliphatic heterocycles. The van der Waals surface area contributed by atoms with Crippen LogP contribution in [0.2, 0.25) is 0 Å². The summed E-state index contributed by atoms with van der Waals surface area (Å²) in [5.41, 5.74) is 0.132. The highest BCUT2D eigenvalue weighted by molar-refractivity contribution is 5.86. The van der Waals surface area contributed by atoms with Crippen LogP contribution >= 0.6 is 0 Å². The van der Waals surface area contributed by atoms with Gasteiger partial charge < -0.3 is 25.2 Å². The number of carboxylic acid groups (broad SMARTS) is 1. The average molecular weight is 358 g/mol. The smallest absolute Gasteiger partial charge is 0.407 e. The number of rotatable bonds is 11. The lowest BCUT2D eigenvalue weighted by molar-refractivity contribution is -0.139. The molecule has 0 aromatic heterocycles. The molecular formula is C17H30N2O6. The number of carbonyl (C=O) groups excluding carboxylic acids is 2. The minimum absolute atomic E-state index is 0.0177. The summed E-state index contributed by atoms with van der Waals surface area (Å²) in [6.07, 6.45) is -0.0385. The van der Waals surface area contributed by atoms with Crippen LogP contribution in [-0.4, -0.2) is 49.6 Å². The van der Waals surface area contributed by atoms with Gasteiger partial charge in [0.2, 0.25) is 0 Å². The molecule has 8 heteroatoms. The molecule has 0 heterocycles. The number of esters is 1. The summed E-state index contributed by atoms with van der Waals surface area (Å²) >= 11 is 0. The maximum Gasteiger partial charge on any atom is 0.407 e. The number of hydrogen-bond acceptors (Lipinski definition) is 5. The minimum atomic E-state index is -1.02. The van der Waals surface area contributed by atoms with Crippen LogP contribution in [-0.2, 0) is 14.3 Å². The molecule has 0 rings (SSSR count). The molecule has 0 spiro atoms. The molecule has 0 saturated heterocycles. The molecule has 0 radical (unpaired) electrons. The van der Waals surface area contributed by atoms with Crippen LogP contribution in [0.1, 0.15) is 40.5 Å². The van der Waals surface area contributed by atoms with Crippen LogP contribution in [0, 0.1) is 11.3 Å². The molecule has 0 bridgehead atoms. The van der Waals surface area contributed by atoms with Gasteiger partial charge in [0.05, 0.1) is 0 Å². The lowest BCUT2D eigenvalue weighted by atomic mass is 9.82. The number of nitrogens with one attached hydrogen (secondary N) is 2. The van der Waals surface area contributed by atoms with Gasteiger partial charge in [-0.25, -0.2) is 14.4 Å². The average Bonchev–Trinajstić information content (AvgIpc) is 2.48. The topological polar surface area (TPSA) is 114 Å². The van der Waals surface area contributed by atoms with E-state index in [1.807, 2.05) is 20.8 Å². The lowest BCUT2D eigenvalue weighted by Gasteiger charge is -2.28. The molecule has 0 aliphatic carbocycles. The first kappa shape index (κ1) is 22.8. The van der Waals surface area contributed by atoms with Crippen molar-refractivity contribution in [3.63, 3.8) is 0 Å². The van der Waals surface area contributed by atoms with Crippen molar-refractivity contribution < 1.29 is 29.0 Å². The van der Waals surface area contributed by atoms with E-state index in [0.29, 0.717) is 24.6 Å². The van der Waals surface area contributed by atoms with Gasteiger partial charge in [-0.3, -0.25) is 0 Å². The van der Waals surface area contributed by atoms with E-state index in [9.17, 15) is 14.4 Å². The zero-order chi connectivity index (χ0) is 19.5. The molecular weight excluding hydrogens is 328 g/mol. The van der Waals surface area contributed by atoms with E-state index >= 15 is 0 Å². The Morgan fingerprint density at radius 3 is 2.32 bits per heavy atom. The Morgan fingerprint density at radius 1 is 1.16 bits per heavy atom. The molecule has 0 aromatic carbocycles. The fourth-order valence-corrected chi connectivity index (χ4v) is 2.30. The summed E-state index contributed by atoms with van der Waals surface area (Å²) in [5, 5.41) is 13.6. The second-order valence-corrected chi connectivity index (χ2v) is 6.90. The van der Waals surface area contributed by atoms with Crippen LogP contribution < -0.4 is 10.6 Å². The summed E-state index contributed by atoms with van der Waals surface area (Å²) in [4.78, 5) is 33.2. The van der Waals surface area contributed by atoms with E-state index < -0.39 is 18.2 Å². The standard InChI is InChI=1S/C17H30N2O6/c1-12(2)14(20)24-8-9-25-16(23)19-11-17(4,5)10-13(3)6-7-18-15(21)22/h13,18H,1,6-11H2,2-5H3,(H,19,23)(H,21,22). The molecule has 8 nitrogen and oxygen atoms in total.